The van der Waals surface area contributed by atoms with Crippen LogP contribution in [0.4, 0.5) is 0 Å². The summed E-state index contributed by atoms with van der Waals surface area (Å²) in [4.78, 5) is 16.2. The second-order valence-electron chi connectivity index (χ2n) is 4.85. The normalized spacial score (nSPS) is 17.4. The Morgan fingerprint density at radius 1 is 1.47 bits per heavy atom. The van der Waals surface area contributed by atoms with Crippen LogP contribution in [-0.2, 0) is 0 Å². The largest absolute Gasteiger partial charge is 0.388 e. The summed E-state index contributed by atoms with van der Waals surface area (Å²) >= 11 is 0. The van der Waals surface area contributed by atoms with Crippen molar-refractivity contribution in [3.63, 3.8) is 0 Å². The summed E-state index contributed by atoms with van der Waals surface area (Å²) in [6, 6.07) is 3.60. The molecule has 1 aromatic heterocycles. The quantitative estimate of drug-likeness (QED) is 0.829. The molecule has 2 rings (SSSR count). The fraction of sp³-hybridized carbons (Fsp3) is 0.538. The number of pyridine rings is 1. The summed E-state index contributed by atoms with van der Waals surface area (Å²) in [6.45, 7) is 4.05. The first kappa shape index (κ1) is 12.0. The zero-order valence-electron chi connectivity index (χ0n) is 10.3. The molecule has 1 fully saturated rings. The lowest BCUT2D eigenvalue weighted by Crippen LogP contribution is -2.47. The van der Waals surface area contributed by atoms with Crippen molar-refractivity contribution in [2.24, 2.45) is 0 Å². The summed E-state index contributed by atoms with van der Waals surface area (Å²) in [6.07, 6.45) is 2.59. The molecule has 0 aliphatic heterocycles. The summed E-state index contributed by atoms with van der Waals surface area (Å²) in [5.74, 6) is -0.157. The molecule has 4 heteroatoms. The van der Waals surface area contributed by atoms with E-state index in [-0.39, 0.29) is 5.91 Å². The standard InChI is InChI=1S/C13H18N2O2/c1-9-4-5-11(10(2)15-9)12(16)14-8-13(17)6-3-7-13/h4-5,17H,3,6-8H2,1-2H3,(H,14,16). The van der Waals surface area contributed by atoms with E-state index >= 15 is 0 Å². The molecule has 2 N–H and O–H groups in total. The molecule has 0 unspecified atom stereocenters. The van der Waals surface area contributed by atoms with Gasteiger partial charge in [0.25, 0.3) is 5.91 Å². The number of carbonyl (C=O) groups excluding carboxylic acids is 1. The zero-order valence-corrected chi connectivity index (χ0v) is 10.3. The van der Waals surface area contributed by atoms with E-state index in [0.717, 1.165) is 30.7 Å². The van der Waals surface area contributed by atoms with E-state index in [0.29, 0.717) is 12.1 Å². The molecule has 0 aromatic carbocycles. The Hall–Kier alpha value is -1.42. The van der Waals surface area contributed by atoms with Gasteiger partial charge in [0.05, 0.1) is 16.9 Å². The zero-order chi connectivity index (χ0) is 12.5. The molecule has 0 atom stereocenters. The molecule has 92 valence electrons. The van der Waals surface area contributed by atoms with E-state index in [1.165, 1.54) is 0 Å². The lowest BCUT2D eigenvalue weighted by molar-refractivity contribution is -0.0300. The summed E-state index contributed by atoms with van der Waals surface area (Å²) in [5, 5.41) is 12.7. The van der Waals surface area contributed by atoms with Crippen LogP contribution in [0, 0.1) is 13.8 Å². The molecule has 1 aliphatic rings. The molecule has 0 bridgehead atoms. The molecular weight excluding hydrogens is 216 g/mol. The van der Waals surface area contributed by atoms with Crippen molar-refractivity contribution in [2.75, 3.05) is 6.54 Å². The van der Waals surface area contributed by atoms with Crippen LogP contribution in [0.5, 0.6) is 0 Å². The van der Waals surface area contributed by atoms with E-state index in [1.54, 1.807) is 6.07 Å². The van der Waals surface area contributed by atoms with Gasteiger partial charge in [-0.2, -0.15) is 0 Å². The second-order valence-corrected chi connectivity index (χ2v) is 4.85. The van der Waals surface area contributed by atoms with Gasteiger partial charge in [0.1, 0.15) is 0 Å². The highest BCUT2D eigenvalue weighted by Gasteiger charge is 2.34. The average molecular weight is 234 g/mol. The Balaban J connectivity index is 1.99. The van der Waals surface area contributed by atoms with Gasteiger partial charge >= 0.3 is 0 Å². The molecule has 1 saturated carbocycles. The van der Waals surface area contributed by atoms with Gasteiger partial charge in [-0.3, -0.25) is 9.78 Å². The first-order chi connectivity index (χ1) is 8.00. The maximum atomic E-state index is 11.9. The Labute approximate surface area is 101 Å². The maximum absolute atomic E-state index is 11.9. The minimum Gasteiger partial charge on any atom is -0.388 e. The highest BCUT2D eigenvalue weighted by molar-refractivity contribution is 5.95. The first-order valence-electron chi connectivity index (χ1n) is 5.95. The van der Waals surface area contributed by atoms with Crippen LogP contribution in [0.1, 0.15) is 41.0 Å². The lowest BCUT2D eigenvalue weighted by atomic mass is 9.80. The fourth-order valence-electron chi connectivity index (χ4n) is 2.03. The number of aliphatic hydroxyl groups is 1. The summed E-state index contributed by atoms with van der Waals surface area (Å²) in [5.41, 5.74) is 1.53. The molecule has 17 heavy (non-hydrogen) atoms. The highest BCUT2D eigenvalue weighted by Crippen LogP contribution is 2.30. The molecule has 0 radical (unpaired) electrons. The molecule has 1 heterocycles. The van der Waals surface area contributed by atoms with Gasteiger partial charge in [0.15, 0.2) is 0 Å². The number of amides is 1. The number of carbonyl (C=O) groups is 1. The average Bonchev–Trinajstić information content (AvgIpc) is 2.23. The topological polar surface area (TPSA) is 62.2 Å². The molecule has 0 saturated heterocycles. The van der Waals surface area contributed by atoms with E-state index < -0.39 is 5.60 Å². The monoisotopic (exact) mass is 234 g/mol. The van der Waals surface area contributed by atoms with Crippen LogP contribution in [-0.4, -0.2) is 28.1 Å². The van der Waals surface area contributed by atoms with E-state index in [4.69, 9.17) is 0 Å². The minimum atomic E-state index is -0.679. The van der Waals surface area contributed by atoms with Crippen molar-refractivity contribution < 1.29 is 9.90 Å². The number of aromatic nitrogens is 1. The molecule has 1 aromatic rings. The molecule has 4 nitrogen and oxygen atoms in total. The van der Waals surface area contributed by atoms with Gasteiger partial charge in [-0.15, -0.1) is 0 Å². The number of nitrogens with zero attached hydrogens (tertiary/aromatic N) is 1. The Bertz CT molecular complexity index is 439. The third kappa shape index (κ3) is 2.64. The minimum absolute atomic E-state index is 0.157. The Morgan fingerprint density at radius 3 is 2.71 bits per heavy atom. The maximum Gasteiger partial charge on any atom is 0.253 e. The van der Waals surface area contributed by atoms with Crippen molar-refractivity contribution in [3.05, 3.63) is 29.1 Å². The predicted octanol–water partition coefficient (Wildman–Crippen LogP) is 1.34. The smallest absolute Gasteiger partial charge is 0.253 e. The van der Waals surface area contributed by atoms with Gasteiger partial charge in [-0.25, -0.2) is 0 Å². The molecule has 1 amide bonds. The lowest BCUT2D eigenvalue weighted by Gasteiger charge is -2.36. The summed E-state index contributed by atoms with van der Waals surface area (Å²) in [7, 11) is 0. The molecular formula is C13H18N2O2. The van der Waals surface area contributed by atoms with Crippen molar-refractivity contribution in [2.45, 2.75) is 38.7 Å². The number of rotatable bonds is 3. The van der Waals surface area contributed by atoms with E-state index in [9.17, 15) is 9.90 Å². The van der Waals surface area contributed by atoms with Gasteiger partial charge in [0.2, 0.25) is 0 Å². The van der Waals surface area contributed by atoms with Crippen molar-refractivity contribution in [1.29, 1.82) is 0 Å². The van der Waals surface area contributed by atoms with Crippen LogP contribution in [0.2, 0.25) is 0 Å². The van der Waals surface area contributed by atoms with Gasteiger partial charge in [-0.05, 0) is 45.2 Å². The number of hydrogen-bond donors (Lipinski definition) is 2. The van der Waals surface area contributed by atoms with Crippen molar-refractivity contribution in [1.82, 2.24) is 10.3 Å². The number of aryl methyl sites for hydroxylation is 2. The number of hydrogen-bond acceptors (Lipinski definition) is 3. The summed E-state index contributed by atoms with van der Waals surface area (Å²) < 4.78 is 0. The highest BCUT2D eigenvalue weighted by atomic mass is 16.3. The Morgan fingerprint density at radius 2 is 2.18 bits per heavy atom. The fourth-order valence-corrected chi connectivity index (χ4v) is 2.03. The predicted molar refractivity (Wildman–Crippen MR) is 64.8 cm³/mol. The van der Waals surface area contributed by atoms with Crippen molar-refractivity contribution in [3.8, 4) is 0 Å². The van der Waals surface area contributed by atoms with Gasteiger partial charge in [0, 0.05) is 12.2 Å². The van der Waals surface area contributed by atoms with Crippen LogP contribution in [0.25, 0.3) is 0 Å². The van der Waals surface area contributed by atoms with Gasteiger partial charge in [-0.1, -0.05) is 0 Å². The van der Waals surface area contributed by atoms with Crippen molar-refractivity contribution >= 4 is 5.91 Å². The molecule has 1 aliphatic carbocycles. The van der Waals surface area contributed by atoms with Crippen LogP contribution >= 0.6 is 0 Å². The van der Waals surface area contributed by atoms with Crippen LogP contribution in [0.15, 0.2) is 12.1 Å². The third-order valence-electron chi connectivity index (χ3n) is 3.33. The third-order valence-corrected chi connectivity index (χ3v) is 3.33. The SMILES string of the molecule is Cc1ccc(C(=O)NCC2(O)CCC2)c(C)n1. The first-order valence-corrected chi connectivity index (χ1v) is 5.95. The Kier molecular flexibility index (Phi) is 3.15. The van der Waals surface area contributed by atoms with E-state index in [2.05, 4.69) is 10.3 Å². The van der Waals surface area contributed by atoms with Crippen LogP contribution in [0.3, 0.4) is 0 Å². The van der Waals surface area contributed by atoms with Crippen LogP contribution < -0.4 is 5.32 Å². The number of nitrogens with one attached hydrogen (secondary N) is 1. The van der Waals surface area contributed by atoms with Gasteiger partial charge < -0.3 is 10.4 Å². The molecule has 0 spiro atoms. The second kappa shape index (κ2) is 4.45. The van der Waals surface area contributed by atoms with E-state index in [1.807, 2.05) is 19.9 Å².